The second-order valence-electron chi connectivity index (χ2n) is 5.26. The minimum atomic E-state index is -1.19. The summed E-state index contributed by atoms with van der Waals surface area (Å²) in [7, 11) is 1.73. The Balaban J connectivity index is 2.50. The summed E-state index contributed by atoms with van der Waals surface area (Å²) in [5, 5.41) is 0. The Morgan fingerprint density at radius 2 is 1.84 bits per heavy atom. The largest absolute Gasteiger partial charge is 0.464 e. The van der Waals surface area contributed by atoms with E-state index in [1.807, 2.05) is 0 Å². The highest BCUT2D eigenvalue weighted by atomic mass is 16.5. The van der Waals surface area contributed by atoms with Crippen LogP contribution in [-0.4, -0.2) is 42.5 Å². The van der Waals surface area contributed by atoms with Gasteiger partial charge in [-0.3, -0.25) is 4.79 Å². The van der Waals surface area contributed by atoms with Crippen LogP contribution in [-0.2, 0) is 14.3 Å². The Labute approximate surface area is 115 Å². The van der Waals surface area contributed by atoms with Gasteiger partial charge in [-0.1, -0.05) is 13.3 Å². The van der Waals surface area contributed by atoms with E-state index in [9.17, 15) is 9.59 Å². The Hall–Kier alpha value is -1.10. The first-order valence-corrected chi connectivity index (χ1v) is 7.20. The van der Waals surface area contributed by atoms with Gasteiger partial charge < -0.3 is 15.4 Å². The highest BCUT2D eigenvalue weighted by Crippen LogP contribution is 2.29. The first kappa shape index (κ1) is 16.0. The van der Waals surface area contributed by atoms with E-state index in [2.05, 4.69) is 6.92 Å². The van der Waals surface area contributed by atoms with Crippen LogP contribution in [0.3, 0.4) is 0 Å². The van der Waals surface area contributed by atoms with Crippen LogP contribution in [0.1, 0.15) is 46.0 Å². The molecule has 1 amide bonds. The molecule has 5 heteroatoms. The molecule has 0 aliphatic heterocycles. The molecule has 19 heavy (non-hydrogen) atoms. The molecule has 0 radical (unpaired) electrons. The molecule has 110 valence electrons. The van der Waals surface area contributed by atoms with Crippen LogP contribution in [0.5, 0.6) is 0 Å². The number of amides is 1. The monoisotopic (exact) mass is 270 g/mol. The van der Waals surface area contributed by atoms with E-state index in [1.54, 1.807) is 18.9 Å². The van der Waals surface area contributed by atoms with Crippen LogP contribution in [0, 0.1) is 5.92 Å². The Morgan fingerprint density at radius 3 is 2.32 bits per heavy atom. The number of ether oxygens (including phenoxy) is 1. The van der Waals surface area contributed by atoms with E-state index in [1.165, 1.54) is 6.42 Å². The summed E-state index contributed by atoms with van der Waals surface area (Å²) in [5.41, 5.74) is 5.64. The molecule has 1 rings (SSSR count). The summed E-state index contributed by atoms with van der Waals surface area (Å²) < 4.78 is 4.79. The predicted molar refractivity (Wildman–Crippen MR) is 73.4 cm³/mol. The van der Waals surface area contributed by atoms with Gasteiger partial charge in [0.05, 0.1) is 6.61 Å². The lowest BCUT2D eigenvalue weighted by atomic mass is 9.84. The zero-order valence-electron chi connectivity index (χ0n) is 12.2. The van der Waals surface area contributed by atoms with Crippen molar-refractivity contribution >= 4 is 11.9 Å². The summed E-state index contributed by atoms with van der Waals surface area (Å²) in [6.07, 6.45) is 5.49. The van der Waals surface area contributed by atoms with Gasteiger partial charge >= 0.3 is 5.97 Å². The predicted octanol–water partition coefficient (Wildman–Crippen LogP) is 1.30. The molecular weight excluding hydrogens is 244 g/mol. The van der Waals surface area contributed by atoms with Crippen LogP contribution in [0.15, 0.2) is 0 Å². The fourth-order valence-electron chi connectivity index (χ4n) is 2.67. The minimum Gasteiger partial charge on any atom is -0.464 e. The third-order valence-electron chi connectivity index (χ3n) is 4.10. The highest BCUT2D eigenvalue weighted by molar-refractivity contribution is 6.01. The van der Waals surface area contributed by atoms with E-state index >= 15 is 0 Å². The van der Waals surface area contributed by atoms with E-state index in [0.29, 0.717) is 0 Å². The van der Waals surface area contributed by atoms with E-state index < -0.39 is 12.0 Å². The van der Waals surface area contributed by atoms with Gasteiger partial charge in [-0.15, -0.1) is 0 Å². The van der Waals surface area contributed by atoms with Gasteiger partial charge in [-0.05, 0) is 38.5 Å². The Morgan fingerprint density at radius 1 is 1.26 bits per heavy atom. The van der Waals surface area contributed by atoms with Crippen molar-refractivity contribution in [3.63, 3.8) is 0 Å². The average Bonchev–Trinajstić information content (AvgIpc) is 2.45. The van der Waals surface area contributed by atoms with Crippen molar-refractivity contribution in [1.29, 1.82) is 0 Å². The zero-order valence-corrected chi connectivity index (χ0v) is 12.2. The number of rotatable bonds is 5. The van der Waals surface area contributed by atoms with Crippen molar-refractivity contribution < 1.29 is 14.3 Å². The molecule has 0 bridgehead atoms. The molecule has 1 atom stereocenters. The average molecular weight is 270 g/mol. The van der Waals surface area contributed by atoms with Crippen LogP contribution in [0.4, 0.5) is 0 Å². The molecule has 0 spiro atoms. The molecular formula is C14H26N2O3. The third kappa shape index (κ3) is 4.20. The van der Waals surface area contributed by atoms with Crippen molar-refractivity contribution in [2.75, 3.05) is 13.7 Å². The van der Waals surface area contributed by atoms with Gasteiger partial charge in [0.25, 0.3) is 5.91 Å². The number of likely N-dealkylation sites (N-methyl/N-ethyl adjacent to an activating group) is 1. The summed E-state index contributed by atoms with van der Waals surface area (Å²) in [6, 6.07) is -0.982. The lowest BCUT2D eigenvalue weighted by molar-refractivity contribution is -0.151. The number of carbonyl (C=O) groups is 2. The van der Waals surface area contributed by atoms with Gasteiger partial charge in [0, 0.05) is 13.1 Å². The lowest BCUT2D eigenvalue weighted by Gasteiger charge is -2.35. The fraction of sp³-hybridized carbons (Fsp3) is 0.857. The number of hydrogen-bond donors (Lipinski definition) is 1. The molecule has 1 aliphatic carbocycles. The summed E-state index contributed by atoms with van der Waals surface area (Å²) in [5.74, 6) is -0.196. The lowest BCUT2D eigenvalue weighted by Crippen LogP contribution is -2.51. The fourth-order valence-corrected chi connectivity index (χ4v) is 2.67. The molecule has 0 saturated heterocycles. The van der Waals surface area contributed by atoms with Crippen LogP contribution in [0.2, 0.25) is 0 Å². The van der Waals surface area contributed by atoms with Gasteiger partial charge in [-0.2, -0.15) is 0 Å². The molecule has 1 fully saturated rings. The number of nitrogens with two attached hydrogens (primary N) is 1. The molecule has 1 saturated carbocycles. The molecule has 0 aromatic rings. The smallest absolute Gasteiger partial charge is 0.332 e. The normalized spacial score (nSPS) is 24.6. The maximum Gasteiger partial charge on any atom is 0.332 e. The first-order valence-electron chi connectivity index (χ1n) is 7.20. The number of hydrogen-bond acceptors (Lipinski definition) is 4. The Kier molecular flexibility index (Phi) is 6.28. The number of esters is 1. The zero-order chi connectivity index (χ0) is 14.4. The summed E-state index contributed by atoms with van der Waals surface area (Å²) in [4.78, 5) is 25.2. The van der Waals surface area contributed by atoms with Gasteiger partial charge in [0.2, 0.25) is 0 Å². The van der Waals surface area contributed by atoms with Gasteiger partial charge in [0.1, 0.15) is 0 Å². The second-order valence-corrected chi connectivity index (χ2v) is 5.26. The molecule has 0 aromatic carbocycles. The molecule has 1 unspecified atom stereocenters. The second kappa shape index (κ2) is 7.48. The van der Waals surface area contributed by atoms with Gasteiger partial charge in [-0.25, -0.2) is 4.79 Å². The molecule has 0 aromatic heterocycles. The molecule has 0 heterocycles. The van der Waals surface area contributed by atoms with Crippen molar-refractivity contribution in [2.45, 2.75) is 58.0 Å². The highest BCUT2D eigenvalue weighted by Gasteiger charge is 2.32. The molecule has 5 nitrogen and oxygen atoms in total. The maximum atomic E-state index is 12.1. The van der Waals surface area contributed by atoms with E-state index in [4.69, 9.17) is 10.5 Å². The summed E-state index contributed by atoms with van der Waals surface area (Å²) in [6.45, 7) is 4.15. The SMILES string of the molecule is CCOC(=O)C(N)C(=O)N(C)C1CCC(CC)CC1. The molecule has 1 aliphatic rings. The molecule has 2 N–H and O–H groups in total. The van der Waals surface area contributed by atoms with Gasteiger partial charge in [0.15, 0.2) is 6.04 Å². The summed E-state index contributed by atoms with van der Waals surface area (Å²) >= 11 is 0. The third-order valence-corrected chi connectivity index (χ3v) is 4.10. The topological polar surface area (TPSA) is 72.6 Å². The minimum absolute atomic E-state index is 0.204. The van der Waals surface area contributed by atoms with Crippen LogP contribution < -0.4 is 5.73 Å². The van der Waals surface area contributed by atoms with Crippen LogP contribution >= 0.6 is 0 Å². The Bertz CT molecular complexity index is 312. The number of carbonyl (C=O) groups excluding carboxylic acids is 2. The van der Waals surface area contributed by atoms with Crippen molar-refractivity contribution in [3.05, 3.63) is 0 Å². The van der Waals surface area contributed by atoms with Crippen molar-refractivity contribution in [1.82, 2.24) is 4.90 Å². The maximum absolute atomic E-state index is 12.1. The van der Waals surface area contributed by atoms with Crippen molar-refractivity contribution in [2.24, 2.45) is 11.7 Å². The van der Waals surface area contributed by atoms with Crippen LogP contribution in [0.25, 0.3) is 0 Å². The first-order chi connectivity index (χ1) is 9.01. The van der Waals surface area contributed by atoms with Crippen molar-refractivity contribution in [3.8, 4) is 0 Å². The number of nitrogens with zero attached hydrogens (tertiary/aromatic N) is 1. The standard InChI is InChI=1S/C14H26N2O3/c1-4-10-6-8-11(9-7-10)16(3)13(17)12(15)14(18)19-5-2/h10-12H,4-9,15H2,1-3H3. The van der Waals surface area contributed by atoms with E-state index in [-0.39, 0.29) is 18.6 Å². The quantitative estimate of drug-likeness (QED) is 0.604. The van der Waals surface area contributed by atoms with E-state index in [0.717, 1.165) is 31.6 Å².